The zero-order valence-corrected chi connectivity index (χ0v) is 22.6. The normalized spacial score (nSPS) is 11.0. The highest BCUT2D eigenvalue weighted by Gasteiger charge is 2.07. The number of hydrogen-bond acceptors (Lipinski definition) is 4. The molecule has 0 atom stereocenters. The van der Waals surface area contributed by atoms with Crippen molar-refractivity contribution in [3.63, 3.8) is 0 Å². The Hall–Kier alpha value is -2.33. The van der Waals surface area contributed by atoms with Crippen molar-refractivity contribution in [3.8, 4) is 0 Å². The van der Waals surface area contributed by atoms with Gasteiger partial charge in [0.05, 0.1) is 0 Å². The number of halogens is 1. The van der Waals surface area contributed by atoms with Crippen molar-refractivity contribution in [3.05, 3.63) is 65.7 Å². The van der Waals surface area contributed by atoms with E-state index in [0.717, 1.165) is 44.1 Å². The lowest BCUT2D eigenvalue weighted by Crippen LogP contribution is -2.38. The van der Waals surface area contributed by atoms with Crippen molar-refractivity contribution in [2.24, 2.45) is 4.99 Å². The minimum Gasteiger partial charge on any atom is -0.372 e. The Morgan fingerprint density at radius 1 is 0.939 bits per heavy atom. The molecule has 7 nitrogen and oxygen atoms in total. The molecule has 0 aromatic heterocycles. The zero-order valence-electron chi connectivity index (χ0n) is 20.3. The number of benzene rings is 2. The van der Waals surface area contributed by atoms with E-state index in [1.807, 2.05) is 49.3 Å². The quantitative estimate of drug-likeness (QED) is 0.159. The molecule has 33 heavy (non-hydrogen) atoms. The highest BCUT2D eigenvalue weighted by molar-refractivity contribution is 14.0. The van der Waals surface area contributed by atoms with E-state index in [2.05, 4.69) is 57.0 Å². The van der Waals surface area contributed by atoms with Gasteiger partial charge in [-0.3, -0.25) is 9.79 Å². The lowest BCUT2D eigenvalue weighted by molar-refractivity contribution is 0.0951. The van der Waals surface area contributed by atoms with Gasteiger partial charge < -0.3 is 25.8 Å². The Morgan fingerprint density at radius 2 is 1.70 bits per heavy atom. The Balaban J connectivity index is 0.00000544. The van der Waals surface area contributed by atoms with E-state index in [-0.39, 0.29) is 29.9 Å². The van der Waals surface area contributed by atoms with Crippen LogP contribution >= 0.6 is 24.0 Å². The number of nitrogens with one attached hydrogen (secondary N) is 3. The molecule has 0 bridgehead atoms. The molecular formula is C25H39IN6O. The Bertz CT molecular complexity index is 844. The summed E-state index contributed by atoms with van der Waals surface area (Å²) in [5.41, 5.74) is 2.96. The second kappa shape index (κ2) is 16.3. The molecule has 2 aromatic carbocycles. The van der Waals surface area contributed by atoms with Gasteiger partial charge in [0.15, 0.2) is 5.96 Å². The number of likely N-dealkylation sites (N-methyl/N-ethyl adjacent to an activating group) is 1. The fourth-order valence-corrected chi connectivity index (χ4v) is 3.31. The molecule has 2 rings (SSSR count). The molecule has 8 heteroatoms. The number of carbonyl (C=O) groups is 1. The first-order valence-electron chi connectivity index (χ1n) is 11.3. The third-order valence-corrected chi connectivity index (χ3v) is 5.12. The summed E-state index contributed by atoms with van der Waals surface area (Å²) in [6, 6.07) is 18.2. The van der Waals surface area contributed by atoms with E-state index in [9.17, 15) is 4.79 Å². The molecule has 0 aliphatic rings. The van der Waals surface area contributed by atoms with Crippen LogP contribution in [0.3, 0.4) is 0 Å². The molecule has 0 heterocycles. The van der Waals surface area contributed by atoms with Crippen molar-refractivity contribution < 1.29 is 4.79 Å². The number of hydrogen-bond donors (Lipinski definition) is 3. The largest absolute Gasteiger partial charge is 0.372 e. The summed E-state index contributed by atoms with van der Waals surface area (Å²) in [6.45, 7) is 7.02. The van der Waals surface area contributed by atoms with Crippen LogP contribution in [0.1, 0.15) is 29.3 Å². The van der Waals surface area contributed by atoms with Crippen molar-refractivity contribution in [1.82, 2.24) is 20.9 Å². The Kier molecular flexibility index (Phi) is 14.2. The number of aliphatic imine (C=N–C) groups is 1. The molecule has 2 aromatic rings. The molecule has 0 unspecified atom stereocenters. The molecule has 0 aliphatic carbocycles. The van der Waals surface area contributed by atoms with Crippen molar-refractivity contribution in [2.75, 3.05) is 58.8 Å². The lowest BCUT2D eigenvalue weighted by Gasteiger charge is -2.23. The molecule has 0 aliphatic heterocycles. The van der Waals surface area contributed by atoms with E-state index in [1.165, 1.54) is 5.69 Å². The van der Waals surface area contributed by atoms with E-state index in [0.29, 0.717) is 18.7 Å². The molecular weight excluding hydrogens is 527 g/mol. The van der Waals surface area contributed by atoms with Gasteiger partial charge in [0.1, 0.15) is 0 Å². The number of anilines is 1. The third-order valence-electron chi connectivity index (χ3n) is 5.12. The van der Waals surface area contributed by atoms with Gasteiger partial charge in [-0.1, -0.05) is 30.3 Å². The van der Waals surface area contributed by atoms with Gasteiger partial charge in [-0.25, -0.2) is 0 Å². The van der Waals surface area contributed by atoms with E-state index < -0.39 is 0 Å². The number of nitrogens with zero attached hydrogens (tertiary/aromatic N) is 3. The van der Waals surface area contributed by atoms with E-state index >= 15 is 0 Å². The molecule has 0 saturated carbocycles. The molecule has 182 valence electrons. The number of para-hydroxylation sites is 1. The van der Waals surface area contributed by atoms with Gasteiger partial charge in [-0.2, -0.15) is 0 Å². The summed E-state index contributed by atoms with van der Waals surface area (Å²) in [5.74, 6) is 0.712. The maximum atomic E-state index is 12.3. The maximum absolute atomic E-state index is 12.3. The first-order valence-corrected chi connectivity index (χ1v) is 11.3. The molecule has 3 N–H and O–H groups in total. The van der Waals surface area contributed by atoms with Gasteiger partial charge in [-0.05, 0) is 57.3 Å². The number of rotatable bonds is 12. The van der Waals surface area contributed by atoms with Gasteiger partial charge in [0.2, 0.25) is 0 Å². The van der Waals surface area contributed by atoms with Crippen LogP contribution in [0.4, 0.5) is 5.69 Å². The second-order valence-corrected chi connectivity index (χ2v) is 7.88. The summed E-state index contributed by atoms with van der Waals surface area (Å²) in [4.78, 5) is 21.1. The second-order valence-electron chi connectivity index (χ2n) is 7.88. The lowest BCUT2D eigenvalue weighted by atomic mass is 10.1. The van der Waals surface area contributed by atoms with Crippen LogP contribution in [0.5, 0.6) is 0 Å². The fraction of sp³-hybridized carbons (Fsp3) is 0.440. The topological polar surface area (TPSA) is 72.0 Å². The Morgan fingerprint density at radius 3 is 2.36 bits per heavy atom. The average Bonchev–Trinajstić information content (AvgIpc) is 2.81. The van der Waals surface area contributed by atoms with Gasteiger partial charge in [-0.15, -0.1) is 24.0 Å². The molecule has 1 amide bonds. The zero-order chi connectivity index (χ0) is 23.2. The standard InChI is InChI=1S/C25H38N6O.HI/c1-5-31(23-13-7-6-8-14-23)17-10-15-28-25(26-2)29-20-21-11-9-12-22(19-21)24(32)27-16-18-30(3)4;/h6-9,11-14,19H,5,10,15-18,20H2,1-4H3,(H,27,32)(H2,26,28,29);1H. The van der Waals surface area contributed by atoms with Crippen molar-refractivity contribution in [2.45, 2.75) is 19.9 Å². The summed E-state index contributed by atoms with van der Waals surface area (Å²) < 4.78 is 0. The average molecular weight is 567 g/mol. The third kappa shape index (κ3) is 10.9. The van der Waals surface area contributed by atoms with Crippen LogP contribution in [0, 0.1) is 0 Å². The summed E-state index contributed by atoms with van der Waals surface area (Å²) >= 11 is 0. The van der Waals surface area contributed by atoms with Crippen LogP contribution in [-0.2, 0) is 6.54 Å². The smallest absolute Gasteiger partial charge is 0.251 e. The summed E-state index contributed by atoms with van der Waals surface area (Å²) in [6.07, 6.45) is 1.01. The maximum Gasteiger partial charge on any atom is 0.251 e. The minimum atomic E-state index is -0.0462. The van der Waals surface area contributed by atoms with Crippen LogP contribution in [0.2, 0.25) is 0 Å². The van der Waals surface area contributed by atoms with Crippen LogP contribution in [0.25, 0.3) is 0 Å². The Labute approximate surface area is 216 Å². The van der Waals surface area contributed by atoms with Crippen molar-refractivity contribution in [1.29, 1.82) is 0 Å². The van der Waals surface area contributed by atoms with E-state index in [1.54, 1.807) is 7.05 Å². The molecule has 0 spiro atoms. The first kappa shape index (κ1) is 28.7. The highest BCUT2D eigenvalue weighted by atomic mass is 127. The fourth-order valence-electron chi connectivity index (χ4n) is 3.31. The van der Waals surface area contributed by atoms with Crippen LogP contribution < -0.4 is 20.9 Å². The van der Waals surface area contributed by atoms with Gasteiger partial charge in [0, 0.05) is 57.6 Å². The number of amides is 1. The number of guanidine groups is 1. The van der Waals surface area contributed by atoms with Crippen LogP contribution in [0.15, 0.2) is 59.6 Å². The molecule has 0 saturated heterocycles. The minimum absolute atomic E-state index is 0. The van der Waals surface area contributed by atoms with Crippen LogP contribution in [-0.4, -0.2) is 70.6 Å². The first-order chi connectivity index (χ1) is 15.5. The summed E-state index contributed by atoms with van der Waals surface area (Å²) in [7, 11) is 5.75. The number of carbonyl (C=O) groups excluding carboxylic acids is 1. The highest BCUT2D eigenvalue weighted by Crippen LogP contribution is 2.12. The molecule has 0 fully saturated rings. The monoisotopic (exact) mass is 566 g/mol. The molecule has 0 radical (unpaired) electrons. The van der Waals surface area contributed by atoms with Gasteiger partial charge in [0.25, 0.3) is 5.91 Å². The SMILES string of the molecule is CCN(CCCNC(=NC)NCc1cccc(C(=O)NCCN(C)C)c1)c1ccccc1.I. The van der Waals surface area contributed by atoms with E-state index in [4.69, 9.17) is 0 Å². The predicted molar refractivity (Wildman–Crippen MR) is 150 cm³/mol. The van der Waals surface area contributed by atoms with Crippen molar-refractivity contribution >= 4 is 41.5 Å². The predicted octanol–water partition coefficient (Wildman–Crippen LogP) is 3.18. The van der Waals surface area contributed by atoms with Gasteiger partial charge >= 0.3 is 0 Å². The summed E-state index contributed by atoms with van der Waals surface area (Å²) in [5, 5.41) is 9.66.